The predicted octanol–water partition coefficient (Wildman–Crippen LogP) is 16.0. The van der Waals surface area contributed by atoms with Gasteiger partial charge in [-0.1, -0.05) is 122 Å². The van der Waals surface area contributed by atoms with Crippen LogP contribution in [0.15, 0.2) is 66.6 Å². The van der Waals surface area contributed by atoms with E-state index in [0.717, 1.165) is 23.0 Å². The highest BCUT2D eigenvalue weighted by atomic mass is 32.3. The van der Waals surface area contributed by atoms with E-state index in [2.05, 4.69) is 76.3 Å². The van der Waals surface area contributed by atoms with E-state index in [1.807, 2.05) is 164 Å². The van der Waals surface area contributed by atoms with E-state index in [-0.39, 0.29) is 0 Å². The van der Waals surface area contributed by atoms with Crippen molar-refractivity contribution in [3.05, 3.63) is 86.1 Å². The first-order chi connectivity index (χ1) is 21.5. The van der Waals surface area contributed by atoms with E-state index >= 15 is 0 Å². The fourth-order valence-corrected chi connectivity index (χ4v) is 23.5. The van der Waals surface area contributed by atoms with Crippen molar-refractivity contribution in [1.82, 2.24) is 0 Å². The second-order valence-corrected chi connectivity index (χ2v) is 27.0. The summed E-state index contributed by atoms with van der Waals surface area (Å²) in [5.41, 5.74) is 0. The van der Waals surface area contributed by atoms with Gasteiger partial charge in [0, 0.05) is 19.5 Å². The van der Waals surface area contributed by atoms with Gasteiger partial charge < -0.3 is 0 Å². The van der Waals surface area contributed by atoms with Crippen molar-refractivity contribution < 1.29 is 0 Å². The minimum absolute atomic E-state index is 1.13. The van der Waals surface area contributed by atoms with Gasteiger partial charge in [0.05, 0.1) is 42.4 Å². The Bertz CT molecular complexity index is 1430. The molecule has 0 fully saturated rings. The molecule has 0 unspecified atom stereocenters. The molecular formula is C30H28S14. The van der Waals surface area contributed by atoms with E-state index in [0.29, 0.717) is 0 Å². The molecule has 0 aliphatic carbocycles. The van der Waals surface area contributed by atoms with Gasteiger partial charge in [0.15, 0.2) is 0 Å². The van der Waals surface area contributed by atoms with Gasteiger partial charge in [-0.25, -0.2) is 0 Å². The Morgan fingerprint density at radius 1 is 0.409 bits per heavy atom. The number of hydrogen-bond donors (Lipinski definition) is 0. The molecule has 4 aliphatic heterocycles. The molecule has 0 saturated heterocycles. The van der Waals surface area contributed by atoms with Crippen molar-refractivity contribution in [2.24, 2.45) is 0 Å². The van der Waals surface area contributed by atoms with Gasteiger partial charge >= 0.3 is 0 Å². The highest BCUT2D eigenvalue weighted by Crippen LogP contribution is 2.67. The molecule has 0 saturated carbocycles. The molecule has 0 N–H and O–H groups in total. The lowest BCUT2D eigenvalue weighted by Crippen LogP contribution is -1.72. The molecule has 14 heteroatoms. The Labute approximate surface area is 320 Å². The average Bonchev–Trinajstić information content (AvgIpc) is 3.83. The maximum atomic E-state index is 2.37. The first kappa shape index (κ1) is 35.6. The zero-order valence-corrected chi connectivity index (χ0v) is 35.6. The fourth-order valence-electron chi connectivity index (χ4n) is 3.81. The molecule has 232 valence electrons. The number of thioether (sulfide) groups is 12. The summed E-state index contributed by atoms with van der Waals surface area (Å²) in [6.45, 7) is 8.96. The first-order valence-corrected chi connectivity index (χ1v) is 25.9. The molecule has 0 atom stereocenters. The second-order valence-electron chi connectivity index (χ2n) is 8.61. The molecule has 44 heavy (non-hydrogen) atoms. The van der Waals surface area contributed by atoms with Gasteiger partial charge in [-0.2, -0.15) is 0 Å². The van der Waals surface area contributed by atoms with Crippen LogP contribution in [0.5, 0.6) is 0 Å². The van der Waals surface area contributed by atoms with Crippen LogP contribution in [0.4, 0.5) is 0 Å². The van der Waals surface area contributed by atoms with Crippen LogP contribution >= 0.6 is 164 Å². The van der Waals surface area contributed by atoms with Gasteiger partial charge in [-0.15, -0.1) is 69.7 Å². The van der Waals surface area contributed by atoms with E-state index in [4.69, 9.17) is 0 Å². The summed E-state index contributed by atoms with van der Waals surface area (Å²) >= 11 is 27.2. The second kappa shape index (κ2) is 17.6. The molecule has 2 aromatic rings. The normalized spacial score (nSPS) is 18.5. The van der Waals surface area contributed by atoms with Crippen LogP contribution in [-0.4, -0.2) is 23.0 Å². The SMILES string of the molecule is CCSC1=C(SCC)SC(=Cc2ccc(C=C3SC4=C(S3)SC(=Cc3ccc(C=C5SC(SCC)=C(SCC)S5)s3)S4)s2)S1. The largest absolute Gasteiger partial charge is 0.136 e. The zero-order chi connectivity index (χ0) is 30.5. The Balaban J connectivity index is 1.02. The maximum absolute atomic E-state index is 2.37. The number of hydrogen-bond acceptors (Lipinski definition) is 14. The summed E-state index contributed by atoms with van der Waals surface area (Å²) < 4.78 is 14.4. The minimum Gasteiger partial charge on any atom is -0.136 e. The van der Waals surface area contributed by atoms with Crippen LogP contribution in [0.2, 0.25) is 0 Å². The van der Waals surface area contributed by atoms with Crippen LogP contribution in [0, 0.1) is 0 Å². The number of rotatable bonds is 12. The van der Waals surface area contributed by atoms with Crippen molar-refractivity contribution in [3.8, 4) is 0 Å². The highest BCUT2D eigenvalue weighted by Gasteiger charge is 2.30. The van der Waals surface area contributed by atoms with Gasteiger partial charge in [0.25, 0.3) is 0 Å². The molecular weight excluding hydrogens is 809 g/mol. The Morgan fingerprint density at radius 2 is 0.659 bits per heavy atom. The van der Waals surface area contributed by atoms with E-state index in [9.17, 15) is 0 Å². The summed E-state index contributed by atoms with van der Waals surface area (Å²) in [6.07, 6.45) is 9.49. The first-order valence-electron chi connectivity index (χ1n) is 13.8. The monoisotopic (exact) mass is 836 g/mol. The van der Waals surface area contributed by atoms with Crippen molar-refractivity contribution in [2.75, 3.05) is 23.0 Å². The van der Waals surface area contributed by atoms with Crippen LogP contribution in [0.3, 0.4) is 0 Å². The molecule has 6 heterocycles. The van der Waals surface area contributed by atoms with Crippen molar-refractivity contribution in [3.63, 3.8) is 0 Å². The van der Waals surface area contributed by atoms with Gasteiger partial charge in [-0.3, -0.25) is 0 Å². The molecule has 0 radical (unpaired) electrons. The summed E-state index contributed by atoms with van der Waals surface area (Å²) in [6, 6.07) is 9.10. The van der Waals surface area contributed by atoms with Gasteiger partial charge in [-0.05, 0) is 71.6 Å². The summed E-state index contributed by atoms with van der Waals surface area (Å²) in [7, 11) is 0. The lowest BCUT2D eigenvalue weighted by atomic mass is 10.4. The average molecular weight is 837 g/mol. The molecule has 0 amide bonds. The smallest absolute Gasteiger partial charge is 0.0716 e. The van der Waals surface area contributed by atoms with Crippen molar-refractivity contribution >= 4 is 188 Å². The summed E-state index contributed by atoms with van der Waals surface area (Å²) in [5.74, 6) is 4.52. The lowest BCUT2D eigenvalue weighted by molar-refractivity contribution is 1.53. The van der Waals surface area contributed by atoms with Gasteiger partial charge in [0.2, 0.25) is 0 Å². The molecule has 6 rings (SSSR count). The molecule has 4 aliphatic rings. The number of thiophene rings is 2. The molecule has 0 spiro atoms. The Hall–Kier alpha value is 1.78. The quantitative estimate of drug-likeness (QED) is 0.200. The maximum Gasteiger partial charge on any atom is 0.0716 e. The standard InChI is InChI=1S/C30H28S14/c1-5-31-25-26(32-6-2)38-21(37-25)13-17-9-11-19(35-17)15-23-41-29-30(42-23)44-24(43-29)16-20-12-10-18(36-20)14-22-39-27(33-7-3)28(40-22)34-8-4/h9-16H,5-8H2,1-4H3. The van der Waals surface area contributed by atoms with Crippen LogP contribution in [0.25, 0.3) is 24.3 Å². The fraction of sp³-hybridized carbons (Fsp3) is 0.267. The zero-order valence-electron chi connectivity index (χ0n) is 24.2. The lowest BCUT2D eigenvalue weighted by Gasteiger charge is -2.01. The third kappa shape index (κ3) is 9.51. The highest BCUT2D eigenvalue weighted by molar-refractivity contribution is 8.48. The van der Waals surface area contributed by atoms with E-state index in [1.165, 1.54) is 61.9 Å². The Morgan fingerprint density at radius 3 is 0.909 bits per heavy atom. The summed E-state index contributed by atoms with van der Waals surface area (Å²) in [5, 5.41) is 0. The third-order valence-electron chi connectivity index (χ3n) is 5.48. The molecule has 2 aromatic heterocycles. The Kier molecular flexibility index (Phi) is 14.3. The molecule has 0 bridgehead atoms. The van der Waals surface area contributed by atoms with Crippen LogP contribution in [-0.2, 0) is 0 Å². The molecule has 0 nitrogen and oxygen atoms in total. The van der Waals surface area contributed by atoms with Gasteiger partial charge in [0.1, 0.15) is 0 Å². The van der Waals surface area contributed by atoms with Crippen LogP contribution < -0.4 is 0 Å². The van der Waals surface area contributed by atoms with E-state index in [1.54, 1.807) is 0 Å². The minimum atomic E-state index is 1.13. The van der Waals surface area contributed by atoms with Crippen LogP contribution in [0.1, 0.15) is 47.2 Å². The predicted molar refractivity (Wildman–Crippen MR) is 235 cm³/mol. The van der Waals surface area contributed by atoms with Crippen molar-refractivity contribution in [1.29, 1.82) is 0 Å². The van der Waals surface area contributed by atoms with Crippen molar-refractivity contribution in [2.45, 2.75) is 27.7 Å². The third-order valence-corrected chi connectivity index (χ3v) is 23.1. The summed E-state index contributed by atoms with van der Waals surface area (Å²) in [4.78, 5) is 5.35. The van der Waals surface area contributed by atoms with E-state index < -0.39 is 0 Å². The molecule has 0 aromatic carbocycles. The topological polar surface area (TPSA) is 0 Å².